The molecule has 0 saturated heterocycles. The molecule has 0 bridgehead atoms. The average Bonchev–Trinajstić information content (AvgIpc) is 3.67. The molecule has 63 heavy (non-hydrogen) atoms. The second-order valence-corrected chi connectivity index (χ2v) is 16.4. The van der Waals surface area contributed by atoms with Crippen molar-refractivity contribution in [3.63, 3.8) is 0 Å². The van der Waals surface area contributed by atoms with Crippen LogP contribution in [0, 0.1) is 0 Å². The molecule has 12 rings (SSSR count). The Hall–Kier alpha value is -8.20. The van der Waals surface area contributed by atoms with Crippen molar-refractivity contribution in [1.82, 2.24) is 9.97 Å². The highest BCUT2D eigenvalue weighted by Gasteiger charge is 2.46. The molecule has 294 valence electrons. The summed E-state index contributed by atoms with van der Waals surface area (Å²) in [6.45, 7) is 0. The molecule has 1 aliphatic carbocycles. The number of fused-ring (bicyclic) bond motifs is 5. The molecule has 1 heterocycles. The largest absolute Gasteiger partial charge is 0.228 e. The Morgan fingerprint density at radius 3 is 1.49 bits per heavy atom. The van der Waals surface area contributed by atoms with Gasteiger partial charge in [-0.25, -0.2) is 9.97 Å². The van der Waals surface area contributed by atoms with Crippen LogP contribution in [0.3, 0.4) is 0 Å². The summed E-state index contributed by atoms with van der Waals surface area (Å²) in [6.07, 6.45) is 0. The van der Waals surface area contributed by atoms with Gasteiger partial charge in [-0.15, -0.1) is 0 Å². The van der Waals surface area contributed by atoms with Gasteiger partial charge in [0.1, 0.15) is 0 Å². The van der Waals surface area contributed by atoms with E-state index in [-0.39, 0.29) is 0 Å². The zero-order valence-corrected chi connectivity index (χ0v) is 34.5. The maximum Gasteiger partial charge on any atom is 0.160 e. The second kappa shape index (κ2) is 15.1. The number of rotatable bonds is 7. The van der Waals surface area contributed by atoms with Gasteiger partial charge in [0.05, 0.1) is 16.8 Å². The highest BCUT2D eigenvalue weighted by molar-refractivity contribution is 6.05. The minimum Gasteiger partial charge on any atom is -0.228 e. The predicted molar refractivity (Wildman–Crippen MR) is 262 cm³/mol. The molecule has 2 nitrogen and oxygen atoms in total. The van der Waals surface area contributed by atoms with Gasteiger partial charge < -0.3 is 0 Å². The van der Waals surface area contributed by atoms with E-state index in [0.29, 0.717) is 5.82 Å². The first-order valence-corrected chi connectivity index (χ1v) is 21.6. The topological polar surface area (TPSA) is 25.8 Å². The van der Waals surface area contributed by atoms with Gasteiger partial charge in [-0.3, -0.25) is 0 Å². The van der Waals surface area contributed by atoms with Crippen LogP contribution in [0.1, 0.15) is 22.3 Å². The van der Waals surface area contributed by atoms with E-state index in [1.165, 1.54) is 71.8 Å². The van der Waals surface area contributed by atoms with E-state index >= 15 is 0 Å². The van der Waals surface area contributed by atoms with Crippen LogP contribution < -0.4 is 0 Å². The molecule has 10 aromatic carbocycles. The van der Waals surface area contributed by atoms with Crippen LogP contribution in [0.15, 0.2) is 243 Å². The van der Waals surface area contributed by atoms with Gasteiger partial charge in [-0.05, 0) is 95.4 Å². The number of nitrogens with zero attached hydrogens (tertiary/aromatic N) is 2. The molecule has 0 atom stereocenters. The van der Waals surface area contributed by atoms with Crippen molar-refractivity contribution >= 4 is 21.5 Å². The molecule has 0 radical (unpaired) electrons. The van der Waals surface area contributed by atoms with Crippen LogP contribution in [0.4, 0.5) is 0 Å². The van der Waals surface area contributed by atoms with Gasteiger partial charge in [-0.1, -0.05) is 224 Å². The van der Waals surface area contributed by atoms with Gasteiger partial charge in [0.15, 0.2) is 5.82 Å². The summed E-state index contributed by atoms with van der Waals surface area (Å²) in [5.41, 5.74) is 16.9. The highest BCUT2D eigenvalue weighted by atomic mass is 14.9. The Bertz CT molecular complexity index is 3460. The van der Waals surface area contributed by atoms with E-state index in [2.05, 4.69) is 224 Å². The Labute approximate surface area is 367 Å². The molecule has 0 unspecified atom stereocenters. The van der Waals surface area contributed by atoms with Crippen molar-refractivity contribution in [1.29, 1.82) is 0 Å². The fraction of sp³-hybridized carbons (Fsp3) is 0.0164. The van der Waals surface area contributed by atoms with E-state index in [9.17, 15) is 0 Å². The molecule has 1 aromatic heterocycles. The SMILES string of the molecule is c1ccc(-c2nc(-c3cccc4ccccc34)cc(-c3ccc(-c4cccc(-c5ccc6c(c5)C(c5ccccc5)(c5ccccc5)c5ccccc5-6)c4)c4ccccc34)n2)cc1. The third kappa shape index (κ3) is 6.02. The average molecular weight is 801 g/mol. The Morgan fingerprint density at radius 1 is 0.270 bits per heavy atom. The zero-order chi connectivity index (χ0) is 41.7. The van der Waals surface area contributed by atoms with Crippen molar-refractivity contribution < 1.29 is 0 Å². The van der Waals surface area contributed by atoms with Crippen LogP contribution in [0.5, 0.6) is 0 Å². The standard InChI is InChI=1S/C61H40N2/c1-4-19-42(20-5-1)60-62-58(54-32-17-21-41-18-10-11-28-48(41)54)40-59(63-60)55-37-36-49(50-29-12-13-30-51(50)55)45-23-16-22-43(38-45)44-34-35-53-52-31-14-15-33-56(52)61(57(53)39-44,46-24-6-2-7-25-46)47-26-8-3-9-27-47/h1-40H. The number of hydrogen-bond acceptors (Lipinski definition) is 2. The first kappa shape index (κ1) is 36.6. The van der Waals surface area contributed by atoms with E-state index in [1.807, 2.05) is 18.2 Å². The quantitative estimate of drug-likeness (QED) is 0.160. The molecule has 0 saturated carbocycles. The Morgan fingerprint density at radius 2 is 0.746 bits per heavy atom. The summed E-state index contributed by atoms with van der Waals surface area (Å²) in [5, 5.41) is 4.68. The Kier molecular flexibility index (Phi) is 8.76. The molecule has 0 amide bonds. The summed E-state index contributed by atoms with van der Waals surface area (Å²) >= 11 is 0. The fourth-order valence-electron chi connectivity index (χ4n) is 10.2. The van der Waals surface area contributed by atoms with Crippen molar-refractivity contribution in [2.24, 2.45) is 0 Å². The zero-order valence-electron chi connectivity index (χ0n) is 34.5. The molecular weight excluding hydrogens is 761 g/mol. The van der Waals surface area contributed by atoms with Crippen molar-refractivity contribution in [3.05, 3.63) is 265 Å². The monoisotopic (exact) mass is 800 g/mol. The molecule has 0 aliphatic heterocycles. The van der Waals surface area contributed by atoms with Crippen LogP contribution in [-0.4, -0.2) is 9.97 Å². The van der Waals surface area contributed by atoms with E-state index in [0.717, 1.165) is 33.5 Å². The lowest BCUT2D eigenvalue weighted by atomic mass is 9.67. The minimum atomic E-state index is -0.455. The molecular formula is C61H40N2. The van der Waals surface area contributed by atoms with E-state index < -0.39 is 5.41 Å². The number of benzene rings is 10. The molecule has 0 fully saturated rings. The maximum atomic E-state index is 5.27. The highest BCUT2D eigenvalue weighted by Crippen LogP contribution is 2.56. The van der Waals surface area contributed by atoms with Gasteiger partial charge >= 0.3 is 0 Å². The normalized spacial score (nSPS) is 12.6. The smallest absolute Gasteiger partial charge is 0.160 e. The van der Waals surface area contributed by atoms with Crippen molar-refractivity contribution in [2.75, 3.05) is 0 Å². The van der Waals surface area contributed by atoms with Crippen LogP contribution in [-0.2, 0) is 5.41 Å². The van der Waals surface area contributed by atoms with Crippen LogP contribution in [0.2, 0.25) is 0 Å². The number of aromatic nitrogens is 2. The van der Waals surface area contributed by atoms with Gasteiger partial charge in [-0.2, -0.15) is 0 Å². The predicted octanol–water partition coefficient (Wildman–Crippen LogP) is 15.5. The van der Waals surface area contributed by atoms with E-state index in [4.69, 9.17) is 9.97 Å². The van der Waals surface area contributed by atoms with Crippen LogP contribution >= 0.6 is 0 Å². The summed E-state index contributed by atoms with van der Waals surface area (Å²) in [7, 11) is 0. The molecule has 11 aromatic rings. The lowest BCUT2D eigenvalue weighted by Crippen LogP contribution is -2.28. The van der Waals surface area contributed by atoms with Gasteiger partial charge in [0.25, 0.3) is 0 Å². The molecule has 0 spiro atoms. The summed E-state index contributed by atoms with van der Waals surface area (Å²) < 4.78 is 0. The molecule has 0 N–H and O–H groups in total. The van der Waals surface area contributed by atoms with Crippen LogP contribution in [0.25, 0.3) is 88.8 Å². The third-order valence-electron chi connectivity index (χ3n) is 13.0. The van der Waals surface area contributed by atoms with Gasteiger partial charge in [0.2, 0.25) is 0 Å². The first-order chi connectivity index (χ1) is 31.2. The molecule has 1 aliphatic rings. The van der Waals surface area contributed by atoms with Crippen molar-refractivity contribution in [2.45, 2.75) is 5.41 Å². The summed E-state index contributed by atoms with van der Waals surface area (Å²) in [6, 6.07) is 87.8. The summed E-state index contributed by atoms with van der Waals surface area (Å²) in [5.74, 6) is 0.706. The lowest BCUT2D eigenvalue weighted by molar-refractivity contribution is 0.769. The molecule has 2 heteroatoms. The second-order valence-electron chi connectivity index (χ2n) is 16.4. The number of hydrogen-bond donors (Lipinski definition) is 0. The van der Waals surface area contributed by atoms with E-state index in [1.54, 1.807) is 0 Å². The lowest BCUT2D eigenvalue weighted by Gasteiger charge is -2.34. The first-order valence-electron chi connectivity index (χ1n) is 21.6. The maximum absolute atomic E-state index is 5.27. The Balaban J connectivity index is 0.999. The summed E-state index contributed by atoms with van der Waals surface area (Å²) in [4.78, 5) is 10.5. The minimum absolute atomic E-state index is 0.455. The fourth-order valence-corrected chi connectivity index (χ4v) is 10.2. The van der Waals surface area contributed by atoms with Crippen molar-refractivity contribution in [3.8, 4) is 67.3 Å². The van der Waals surface area contributed by atoms with Gasteiger partial charge in [0, 0.05) is 16.7 Å². The third-order valence-corrected chi connectivity index (χ3v) is 13.0.